The normalized spacial score (nSPS) is 19.0. The molecule has 4 rings (SSSR count). The van der Waals surface area contributed by atoms with Crippen LogP contribution in [-0.2, 0) is 0 Å². The van der Waals surface area contributed by atoms with Gasteiger partial charge in [-0.25, -0.2) is 13.9 Å². The number of amides is 1. The maximum Gasteiger partial charge on any atom is 0.255 e. The van der Waals surface area contributed by atoms with Crippen LogP contribution in [0, 0.1) is 11.8 Å². The highest BCUT2D eigenvalue weighted by Crippen LogP contribution is 2.39. The Hall–Kier alpha value is -3.31. The second kappa shape index (κ2) is 11.8. The molecule has 1 aliphatic carbocycles. The third kappa shape index (κ3) is 6.47. The number of rotatable bonds is 12. The predicted octanol–water partition coefficient (Wildman–Crippen LogP) is 3.66. The van der Waals surface area contributed by atoms with E-state index in [4.69, 9.17) is 5.10 Å². The van der Waals surface area contributed by atoms with Crippen LogP contribution < -0.4 is 16.0 Å². The number of fused-ring (bicyclic) bond motifs is 1. The van der Waals surface area contributed by atoms with Gasteiger partial charge in [-0.2, -0.15) is 0 Å². The lowest BCUT2D eigenvalue weighted by Crippen LogP contribution is -2.42. The van der Waals surface area contributed by atoms with Crippen LogP contribution in [-0.4, -0.2) is 72.7 Å². The van der Waals surface area contributed by atoms with E-state index in [2.05, 4.69) is 32.8 Å². The molecule has 0 radical (unpaired) electrons. The third-order valence-corrected chi connectivity index (χ3v) is 7.47. The predicted molar refractivity (Wildman–Crippen MR) is 150 cm³/mol. The topological polar surface area (TPSA) is 137 Å². The van der Waals surface area contributed by atoms with Crippen molar-refractivity contribution in [2.45, 2.75) is 77.7 Å². The molecule has 0 aromatic carbocycles. The number of imidazole rings is 1. The Morgan fingerprint density at radius 1 is 1.21 bits per heavy atom. The van der Waals surface area contributed by atoms with Crippen LogP contribution in [0.3, 0.4) is 0 Å². The second-order valence-electron chi connectivity index (χ2n) is 11.2. The number of alkyl halides is 1. The molecule has 3 aromatic heterocycles. The number of nitrogens with one attached hydrogen (secondary N) is 3. The first-order valence-corrected chi connectivity index (χ1v) is 13.7. The van der Waals surface area contributed by atoms with Crippen molar-refractivity contribution in [3.8, 4) is 11.4 Å². The lowest BCUT2D eigenvalue weighted by atomic mass is 9.68. The highest BCUT2D eigenvalue weighted by Gasteiger charge is 2.35. The zero-order valence-corrected chi connectivity index (χ0v) is 23.3. The number of carbonyl (C=O) groups is 1. The maximum absolute atomic E-state index is 14.2. The number of halogens is 1. The average molecular weight is 542 g/mol. The molecule has 1 fully saturated rings. The summed E-state index contributed by atoms with van der Waals surface area (Å²) in [6.45, 7) is 8.50. The fraction of sp³-hybridized carbons (Fsp3) is 0.571. The SMILES string of the molecule is CCC1CCC1C(CO)Nc1ccc2ncc(-c3cc(NC(C)C)c(C(=O)NC[C@@H](F)C(C)(C)O)cn3)n2n1. The van der Waals surface area contributed by atoms with Gasteiger partial charge < -0.3 is 26.2 Å². The van der Waals surface area contributed by atoms with Gasteiger partial charge in [0.25, 0.3) is 5.91 Å². The van der Waals surface area contributed by atoms with E-state index < -0.39 is 17.7 Å². The van der Waals surface area contributed by atoms with Crippen LogP contribution >= 0.6 is 0 Å². The molecule has 3 heterocycles. The van der Waals surface area contributed by atoms with Crippen molar-refractivity contribution >= 4 is 23.1 Å². The molecular formula is C28H40FN7O3. The summed E-state index contributed by atoms with van der Waals surface area (Å²) in [5.74, 6) is 1.16. The number of aliphatic hydroxyl groups excluding tert-OH is 1. The number of nitrogens with zero attached hydrogens (tertiary/aromatic N) is 4. The van der Waals surface area contributed by atoms with Crippen molar-refractivity contribution in [3.05, 3.63) is 36.2 Å². The van der Waals surface area contributed by atoms with Crippen molar-refractivity contribution in [3.63, 3.8) is 0 Å². The molecule has 3 aromatic rings. The van der Waals surface area contributed by atoms with Gasteiger partial charge in [-0.1, -0.05) is 13.3 Å². The maximum atomic E-state index is 14.2. The zero-order valence-electron chi connectivity index (χ0n) is 23.3. The van der Waals surface area contributed by atoms with Gasteiger partial charge >= 0.3 is 0 Å². The number of aromatic nitrogens is 4. The van der Waals surface area contributed by atoms with Crippen molar-refractivity contribution in [1.82, 2.24) is 24.9 Å². The molecule has 1 amide bonds. The smallest absolute Gasteiger partial charge is 0.255 e. The van der Waals surface area contributed by atoms with Crippen molar-refractivity contribution < 1.29 is 19.4 Å². The molecule has 1 saturated carbocycles. The van der Waals surface area contributed by atoms with Crippen molar-refractivity contribution in [2.24, 2.45) is 11.8 Å². The van der Waals surface area contributed by atoms with Crippen LogP contribution in [0.1, 0.15) is 64.2 Å². The Morgan fingerprint density at radius 3 is 2.59 bits per heavy atom. The average Bonchev–Trinajstić information content (AvgIpc) is 3.28. The van der Waals surface area contributed by atoms with E-state index >= 15 is 0 Å². The summed E-state index contributed by atoms with van der Waals surface area (Å²) < 4.78 is 15.9. The fourth-order valence-electron chi connectivity index (χ4n) is 4.97. The largest absolute Gasteiger partial charge is 0.394 e. The van der Waals surface area contributed by atoms with Gasteiger partial charge in [-0.15, -0.1) is 5.10 Å². The molecule has 10 nitrogen and oxygen atoms in total. The lowest BCUT2D eigenvalue weighted by molar-refractivity contribution is -0.00177. The molecule has 3 unspecified atom stereocenters. The molecule has 4 atom stereocenters. The number of hydrogen-bond donors (Lipinski definition) is 5. The summed E-state index contributed by atoms with van der Waals surface area (Å²) in [5.41, 5.74) is 1.05. The summed E-state index contributed by atoms with van der Waals surface area (Å²) in [6, 6.07) is 5.41. The van der Waals surface area contributed by atoms with Gasteiger partial charge in [0.05, 0.1) is 47.9 Å². The van der Waals surface area contributed by atoms with Crippen LogP contribution in [0.2, 0.25) is 0 Å². The van der Waals surface area contributed by atoms with E-state index in [9.17, 15) is 19.4 Å². The summed E-state index contributed by atoms with van der Waals surface area (Å²) >= 11 is 0. The molecule has 1 aliphatic rings. The number of anilines is 2. The van der Waals surface area contributed by atoms with Gasteiger partial charge in [-0.3, -0.25) is 9.78 Å². The van der Waals surface area contributed by atoms with E-state index in [1.54, 1.807) is 16.8 Å². The molecule has 0 aliphatic heterocycles. The van der Waals surface area contributed by atoms with Crippen molar-refractivity contribution in [1.29, 1.82) is 0 Å². The van der Waals surface area contributed by atoms with E-state index in [1.807, 2.05) is 26.0 Å². The third-order valence-electron chi connectivity index (χ3n) is 7.47. The Balaban J connectivity index is 1.60. The second-order valence-corrected chi connectivity index (χ2v) is 11.2. The van der Waals surface area contributed by atoms with E-state index in [0.717, 1.165) is 12.8 Å². The summed E-state index contributed by atoms with van der Waals surface area (Å²) in [5, 5.41) is 33.8. The van der Waals surface area contributed by atoms with Crippen molar-refractivity contribution in [2.75, 3.05) is 23.8 Å². The molecule has 0 spiro atoms. The van der Waals surface area contributed by atoms with Gasteiger partial charge in [0.15, 0.2) is 5.65 Å². The van der Waals surface area contributed by atoms with E-state index in [-0.39, 0.29) is 30.8 Å². The minimum Gasteiger partial charge on any atom is -0.394 e. The Morgan fingerprint density at radius 2 is 1.97 bits per heavy atom. The van der Waals surface area contributed by atoms with Gasteiger partial charge in [0.2, 0.25) is 0 Å². The fourth-order valence-corrected chi connectivity index (χ4v) is 4.97. The molecular weight excluding hydrogens is 501 g/mol. The molecule has 0 bridgehead atoms. The van der Waals surface area contributed by atoms with Crippen LogP contribution in [0.4, 0.5) is 15.9 Å². The zero-order chi connectivity index (χ0) is 28.3. The van der Waals surface area contributed by atoms with E-state index in [0.29, 0.717) is 40.4 Å². The Kier molecular flexibility index (Phi) is 8.70. The summed E-state index contributed by atoms with van der Waals surface area (Å²) in [4.78, 5) is 21.9. The molecule has 11 heteroatoms. The Labute approximate surface area is 228 Å². The summed E-state index contributed by atoms with van der Waals surface area (Å²) in [7, 11) is 0. The van der Waals surface area contributed by atoms with Crippen LogP contribution in [0.25, 0.3) is 17.0 Å². The minimum absolute atomic E-state index is 0.0158. The quantitative estimate of drug-likeness (QED) is 0.234. The van der Waals surface area contributed by atoms with Crippen LogP contribution in [0.15, 0.2) is 30.6 Å². The number of pyridine rings is 1. The highest BCUT2D eigenvalue weighted by molar-refractivity contribution is 6.00. The van der Waals surface area contributed by atoms with Gasteiger partial charge in [-0.05, 0) is 70.6 Å². The standard InChI is InChI=1S/C28H40FN7O3/c1-6-17-7-8-18(17)22(15-37)34-25-9-10-26-31-13-23(36(26)35-25)21-11-20(33-16(2)3)19(12-30-21)27(38)32-14-24(29)28(4,5)39/h9-13,16-18,22,24,37,39H,6-8,14-15H2,1-5H3,(H,30,33)(H,32,38)(H,34,35)/t17?,18?,22?,24-/m1/s1. The molecule has 39 heavy (non-hydrogen) atoms. The van der Waals surface area contributed by atoms with Crippen LogP contribution in [0.5, 0.6) is 0 Å². The Bertz CT molecular complexity index is 1290. The highest BCUT2D eigenvalue weighted by atomic mass is 19.1. The van der Waals surface area contributed by atoms with E-state index in [1.165, 1.54) is 26.5 Å². The number of carbonyl (C=O) groups excluding carboxylic acids is 1. The molecule has 0 saturated heterocycles. The van der Waals surface area contributed by atoms with Gasteiger partial charge in [0.1, 0.15) is 17.7 Å². The first-order chi connectivity index (χ1) is 18.5. The molecule has 212 valence electrons. The number of hydrogen-bond acceptors (Lipinski definition) is 8. The summed E-state index contributed by atoms with van der Waals surface area (Å²) in [6.07, 6.45) is 4.88. The minimum atomic E-state index is -1.62. The number of aliphatic hydroxyl groups is 2. The lowest BCUT2D eigenvalue weighted by Gasteiger charge is -2.41. The molecule has 5 N–H and O–H groups in total. The first kappa shape index (κ1) is 28.7. The van der Waals surface area contributed by atoms with Gasteiger partial charge in [0, 0.05) is 12.2 Å². The first-order valence-electron chi connectivity index (χ1n) is 13.7. The monoisotopic (exact) mass is 541 g/mol.